The second kappa shape index (κ2) is 6.92. The monoisotopic (exact) mass is 287 g/mol. The van der Waals surface area contributed by atoms with Crippen molar-refractivity contribution in [2.75, 3.05) is 11.9 Å². The van der Waals surface area contributed by atoms with Crippen LogP contribution in [0.3, 0.4) is 0 Å². The Kier molecular flexibility index (Phi) is 4.98. The van der Waals surface area contributed by atoms with E-state index >= 15 is 0 Å². The van der Waals surface area contributed by atoms with Crippen molar-refractivity contribution in [1.82, 2.24) is 10.3 Å². The van der Waals surface area contributed by atoms with Gasteiger partial charge in [-0.05, 0) is 37.6 Å². The van der Waals surface area contributed by atoms with Gasteiger partial charge in [0.2, 0.25) is 5.89 Å². The molecule has 0 saturated carbocycles. The van der Waals surface area contributed by atoms with E-state index in [2.05, 4.69) is 15.6 Å². The molecule has 5 nitrogen and oxygen atoms in total. The van der Waals surface area contributed by atoms with Gasteiger partial charge in [-0.1, -0.05) is 6.92 Å². The molecule has 1 amide bonds. The molecule has 0 radical (unpaired) electrons. The molecule has 2 N–H and O–H groups in total. The van der Waals surface area contributed by atoms with E-state index in [-0.39, 0.29) is 5.91 Å². The maximum Gasteiger partial charge on any atom is 0.251 e. The molecule has 0 bridgehead atoms. The lowest BCUT2D eigenvalue weighted by atomic mass is 10.1. The summed E-state index contributed by atoms with van der Waals surface area (Å²) in [5, 5.41) is 6.07. The molecule has 0 aliphatic rings. The third kappa shape index (κ3) is 3.84. The van der Waals surface area contributed by atoms with Crippen LogP contribution in [0.15, 0.2) is 28.8 Å². The molecule has 0 atom stereocenters. The van der Waals surface area contributed by atoms with Gasteiger partial charge in [0.25, 0.3) is 5.91 Å². The zero-order valence-corrected chi connectivity index (χ0v) is 12.7. The van der Waals surface area contributed by atoms with Crippen molar-refractivity contribution in [3.8, 4) is 0 Å². The molecule has 2 rings (SSSR count). The van der Waals surface area contributed by atoms with Crippen LogP contribution in [0.5, 0.6) is 0 Å². The number of amides is 1. The lowest BCUT2D eigenvalue weighted by Gasteiger charge is -2.09. The molecule has 1 aromatic heterocycles. The van der Waals surface area contributed by atoms with Crippen LogP contribution in [0.4, 0.5) is 5.69 Å². The summed E-state index contributed by atoms with van der Waals surface area (Å²) in [7, 11) is 0. The number of hydrogen-bond acceptors (Lipinski definition) is 4. The molecule has 0 saturated heterocycles. The van der Waals surface area contributed by atoms with Crippen molar-refractivity contribution in [3.63, 3.8) is 0 Å². The zero-order chi connectivity index (χ0) is 15.2. The van der Waals surface area contributed by atoms with Crippen molar-refractivity contribution in [3.05, 3.63) is 47.2 Å². The van der Waals surface area contributed by atoms with E-state index in [0.717, 1.165) is 30.0 Å². The van der Waals surface area contributed by atoms with Gasteiger partial charge < -0.3 is 15.1 Å². The lowest BCUT2D eigenvalue weighted by Crippen LogP contribution is -2.23. The molecule has 0 fully saturated rings. The summed E-state index contributed by atoms with van der Waals surface area (Å²) in [6.45, 7) is 7.18. The molecule has 0 spiro atoms. The minimum atomic E-state index is -0.127. The Balaban J connectivity index is 1.98. The number of anilines is 1. The second-order valence-electron chi connectivity index (χ2n) is 4.82. The molecule has 21 heavy (non-hydrogen) atoms. The number of nitrogens with zero attached hydrogens (tertiary/aromatic N) is 1. The molecule has 1 heterocycles. The number of aryl methyl sites for hydroxylation is 2. The van der Waals surface area contributed by atoms with Crippen molar-refractivity contribution in [1.29, 1.82) is 0 Å². The highest BCUT2D eigenvalue weighted by Gasteiger charge is 2.09. The van der Waals surface area contributed by atoms with Gasteiger partial charge in [-0.3, -0.25) is 4.79 Å². The lowest BCUT2D eigenvalue weighted by molar-refractivity contribution is 0.0947. The smallest absolute Gasteiger partial charge is 0.251 e. The minimum absolute atomic E-state index is 0.127. The molecule has 112 valence electrons. The quantitative estimate of drug-likeness (QED) is 0.857. The van der Waals surface area contributed by atoms with E-state index < -0.39 is 0 Å². The Hall–Kier alpha value is -2.30. The van der Waals surface area contributed by atoms with Crippen LogP contribution < -0.4 is 10.6 Å². The average molecular weight is 287 g/mol. The van der Waals surface area contributed by atoms with Crippen LogP contribution in [0.25, 0.3) is 0 Å². The van der Waals surface area contributed by atoms with Gasteiger partial charge in [-0.2, -0.15) is 0 Å². The Morgan fingerprint density at radius 3 is 2.76 bits per heavy atom. The largest absolute Gasteiger partial charge is 0.444 e. The molecular formula is C16H21N3O2. The van der Waals surface area contributed by atoms with Gasteiger partial charge in [0, 0.05) is 24.2 Å². The Bertz CT molecular complexity index is 620. The summed E-state index contributed by atoms with van der Waals surface area (Å²) in [6.07, 6.45) is 2.49. The molecule has 2 aromatic rings. The highest BCUT2D eigenvalue weighted by atomic mass is 16.4. The number of hydrogen-bond donors (Lipinski definition) is 2. The fourth-order valence-corrected chi connectivity index (χ4v) is 2.04. The molecule has 5 heteroatoms. The summed E-state index contributed by atoms with van der Waals surface area (Å²) < 4.78 is 5.46. The van der Waals surface area contributed by atoms with E-state index in [4.69, 9.17) is 4.42 Å². The predicted molar refractivity (Wildman–Crippen MR) is 82.4 cm³/mol. The Morgan fingerprint density at radius 1 is 1.33 bits per heavy atom. The molecule has 0 aliphatic heterocycles. The van der Waals surface area contributed by atoms with E-state index in [1.807, 2.05) is 39.0 Å². The van der Waals surface area contributed by atoms with E-state index in [9.17, 15) is 4.79 Å². The molecule has 1 aromatic carbocycles. The minimum Gasteiger partial charge on any atom is -0.444 e. The summed E-state index contributed by atoms with van der Waals surface area (Å²) in [4.78, 5) is 16.2. The Morgan fingerprint density at radius 2 is 2.14 bits per heavy atom. The van der Waals surface area contributed by atoms with Crippen molar-refractivity contribution >= 4 is 11.6 Å². The van der Waals surface area contributed by atoms with E-state index in [0.29, 0.717) is 18.0 Å². The highest BCUT2D eigenvalue weighted by Crippen LogP contribution is 2.16. The summed E-state index contributed by atoms with van der Waals surface area (Å²) in [5.41, 5.74) is 2.74. The van der Waals surface area contributed by atoms with Crippen LogP contribution in [0.1, 0.15) is 41.4 Å². The van der Waals surface area contributed by atoms with Crippen LogP contribution in [-0.4, -0.2) is 17.4 Å². The summed E-state index contributed by atoms with van der Waals surface area (Å²) in [5.74, 6) is 1.23. The summed E-state index contributed by atoms with van der Waals surface area (Å²) in [6, 6.07) is 5.61. The molecular weight excluding hydrogens is 266 g/mol. The van der Waals surface area contributed by atoms with E-state index in [1.54, 1.807) is 6.20 Å². The van der Waals surface area contributed by atoms with Crippen LogP contribution in [0.2, 0.25) is 0 Å². The SMILES string of the molecule is CCNc1ccc(C(=O)NCc2ncc(CC)o2)cc1C. The third-order valence-electron chi connectivity index (χ3n) is 3.21. The Labute approximate surface area is 124 Å². The number of carbonyl (C=O) groups is 1. The first-order chi connectivity index (χ1) is 10.1. The standard InChI is InChI=1S/C16H21N3O2/c1-4-13-9-18-15(21-13)10-19-16(20)12-6-7-14(17-5-2)11(3)8-12/h6-9,17H,4-5,10H2,1-3H3,(H,19,20). The molecule has 0 aliphatic carbocycles. The highest BCUT2D eigenvalue weighted by molar-refractivity contribution is 5.94. The number of benzene rings is 1. The number of nitrogens with one attached hydrogen (secondary N) is 2. The maximum atomic E-state index is 12.1. The van der Waals surface area contributed by atoms with Crippen molar-refractivity contribution in [2.45, 2.75) is 33.7 Å². The zero-order valence-electron chi connectivity index (χ0n) is 12.7. The second-order valence-corrected chi connectivity index (χ2v) is 4.82. The number of rotatable bonds is 6. The van der Waals surface area contributed by atoms with Crippen LogP contribution >= 0.6 is 0 Å². The van der Waals surface area contributed by atoms with Crippen LogP contribution in [-0.2, 0) is 13.0 Å². The third-order valence-corrected chi connectivity index (χ3v) is 3.21. The predicted octanol–water partition coefficient (Wildman–Crippen LogP) is 2.91. The first kappa shape index (κ1) is 15.1. The van der Waals surface area contributed by atoms with Gasteiger partial charge >= 0.3 is 0 Å². The number of aromatic nitrogens is 1. The van der Waals surface area contributed by atoms with Crippen LogP contribution in [0, 0.1) is 6.92 Å². The first-order valence-electron chi connectivity index (χ1n) is 7.20. The van der Waals surface area contributed by atoms with Crippen molar-refractivity contribution < 1.29 is 9.21 Å². The number of carbonyl (C=O) groups excluding carboxylic acids is 1. The van der Waals surface area contributed by atoms with Gasteiger partial charge in [0.15, 0.2) is 0 Å². The van der Waals surface area contributed by atoms with Gasteiger partial charge in [0.05, 0.1) is 12.7 Å². The average Bonchev–Trinajstić information content (AvgIpc) is 2.95. The number of oxazole rings is 1. The summed E-state index contributed by atoms with van der Waals surface area (Å²) >= 11 is 0. The van der Waals surface area contributed by atoms with Gasteiger partial charge in [-0.25, -0.2) is 4.98 Å². The maximum absolute atomic E-state index is 12.1. The van der Waals surface area contributed by atoms with Gasteiger partial charge in [-0.15, -0.1) is 0 Å². The fraction of sp³-hybridized carbons (Fsp3) is 0.375. The topological polar surface area (TPSA) is 67.2 Å². The molecule has 0 unspecified atom stereocenters. The van der Waals surface area contributed by atoms with E-state index in [1.165, 1.54) is 0 Å². The van der Waals surface area contributed by atoms with Gasteiger partial charge in [0.1, 0.15) is 5.76 Å². The van der Waals surface area contributed by atoms with Crippen molar-refractivity contribution in [2.24, 2.45) is 0 Å². The first-order valence-corrected chi connectivity index (χ1v) is 7.20. The fourth-order valence-electron chi connectivity index (χ4n) is 2.04. The normalized spacial score (nSPS) is 10.4.